The number of aromatic nitrogens is 2. The molecule has 0 N–H and O–H groups in total. The molecule has 0 saturated carbocycles. The summed E-state index contributed by atoms with van der Waals surface area (Å²) in [5.41, 5.74) is 8.15. The number of halogens is 1. The molecule has 5 heteroatoms. The Hall–Kier alpha value is -2.82. The van der Waals surface area contributed by atoms with Gasteiger partial charge in [-0.3, -0.25) is 9.36 Å². The van der Waals surface area contributed by atoms with Crippen LogP contribution in [0.4, 0.5) is 0 Å². The maximum absolute atomic E-state index is 12.9. The van der Waals surface area contributed by atoms with E-state index in [2.05, 4.69) is 73.0 Å². The highest BCUT2D eigenvalue weighted by Gasteiger charge is 2.21. The molecule has 2 aromatic carbocycles. The van der Waals surface area contributed by atoms with Gasteiger partial charge in [0.2, 0.25) is 0 Å². The van der Waals surface area contributed by atoms with Gasteiger partial charge < -0.3 is 9.47 Å². The third kappa shape index (κ3) is 3.36. The van der Waals surface area contributed by atoms with E-state index in [-0.39, 0.29) is 18.0 Å². The van der Waals surface area contributed by atoms with Crippen LogP contribution >= 0.6 is 12.4 Å². The van der Waals surface area contributed by atoms with Crippen molar-refractivity contribution in [1.82, 2.24) is 14.0 Å². The maximum atomic E-state index is 12.9. The van der Waals surface area contributed by atoms with Gasteiger partial charge in [-0.1, -0.05) is 35.9 Å². The molecular weight excluding hydrogens is 394 g/mol. The monoisotopic (exact) mass is 419 g/mol. The average Bonchev–Trinajstić information content (AvgIpc) is 2.99. The Labute approximate surface area is 182 Å². The molecule has 5 rings (SSSR count). The van der Waals surface area contributed by atoms with E-state index in [1.807, 2.05) is 12.3 Å². The van der Waals surface area contributed by atoms with Crippen molar-refractivity contribution < 1.29 is 0 Å². The fourth-order valence-corrected chi connectivity index (χ4v) is 4.46. The van der Waals surface area contributed by atoms with Crippen molar-refractivity contribution in [3.63, 3.8) is 0 Å². The first kappa shape index (κ1) is 20.5. The molecule has 4 nitrogen and oxygen atoms in total. The Kier molecular flexibility index (Phi) is 5.31. The number of aryl methyl sites for hydroxylation is 2. The molecule has 2 aromatic heterocycles. The van der Waals surface area contributed by atoms with E-state index in [0.29, 0.717) is 0 Å². The normalized spacial score (nSPS) is 13.8. The van der Waals surface area contributed by atoms with E-state index < -0.39 is 0 Å². The van der Waals surface area contributed by atoms with Gasteiger partial charge in [0.25, 0.3) is 5.56 Å². The number of fused-ring (bicyclic) bond motifs is 3. The minimum absolute atomic E-state index is 0. The van der Waals surface area contributed by atoms with Crippen molar-refractivity contribution in [2.45, 2.75) is 19.9 Å². The summed E-state index contributed by atoms with van der Waals surface area (Å²) in [5.74, 6) is 0. The van der Waals surface area contributed by atoms with Crippen molar-refractivity contribution in [3.8, 4) is 16.8 Å². The molecule has 1 aliphatic rings. The van der Waals surface area contributed by atoms with Gasteiger partial charge in [0.05, 0.1) is 11.2 Å². The molecule has 0 fully saturated rings. The zero-order chi connectivity index (χ0) is 20.1. The van der Waals surface area contributed by atoms with Crippen LogP contribution in [0.5, 0.6) is 0 Å². The molecule has 0 amide bonds. The van der Waals surface area contributed by atoms with Crippen molar-refractivity contribution in [3.05, 3.63) is 88.0 Å². The predicted molar refractivity (Wildman–Crippen MR) is 126 cm³/mol. The molecule has 30 heavy (non-hydrogen) atoms. The van der Waals surface area contributed by atoms with Gasteiger partial charge in [-0.05, 0) is 48.9 Å². The van der Waals surface area contributed by atoms with E-state index in [1.54, 1.807) is 10.6 Å². The highest BCUT2D eigenvalue weighted by Crippen LogP contribution is 2.31. The topological polar surface area (TPSA) is 30.2 Å². The highest BCUT2D eigenvalue weighted by atomic mass is 35.5. The molecule has 3 heterocycles. The van der Waals surface area contributed by atoms with Gasteiger partial charge in [0.1, 0.15) is 0 Å². The maximum Gasteiger partial charge on any atom is 0.255 e. The first-order valence-electron chi connectivity index (χ1n) is 10.1. The number of hydrogen-bond donors (Lipinski definition) is 0. The van der Waals surface area contributed by atoms with Crippen LogP contribution in [0.1, 0.15) is 16.8 Å². The zero-order valence-electron chi connectivity index (χ0n) is 17.6. The number of likely N-dealkylation sites (N-methyl/N-ethyl adjacent to an activating group) is 1. The van der Waals surface area contributed by atoms with Crippen molar-refractivity contribution >= 4 is 23.3 Å². The molecular formula is C25H26ClN3O. The van der Waals surface area contributed by atoms with Crippen molar-refractivity contribution in [2.75, 3.05) is 13.6 Å². The van der Waals surface area contributed by atoms with Gasteiger partial charge in [0.15, 0.2) is 0 Å². The number of pyridine rings is 1. The summed E-state index contributed by atoms with van der Waals surface area (Å²) in [6, 6.07) is 18.4. The van der Waals surface area contributed by atoms with Crippen LogP contribution in [0.2, 0.25) is 0 Å². The van der Waals surface area contributed by atoms with E-state index in [1.165, 1.54) is 27.7 Å². The summed E-state index contributed by atoms with van der Waals surface area (Å²) in [4.78, 5) is 15.3. The molecule has 0 bridgehead atoms. The first-order valence-corrected chi connectivity index (χ1v) is 10.1. The van der Waals surface area contributed by atoms with Crippen LogP contribution in [0.15, 0.2) is 65.6 Å². The number of benzene rings is 2. The summed E-state index contributed by atoms with van der Waals surface area (Å²) >= 11 is 0. The van der Waals surface area contributed by atoms with E-state index in [0.717, 1.165) is 36.3 Å². The summed E-state index contributed by atoms with van der Waals surface area (Å²) in [7, 11) is 4.31. The second-order valence-corrected chi connectivity index (χ2v) is 8.16. The van der Waals surface area contributed by atoms with Crippen LogP contribution < -0.4 is 5.56 Å². The molecule has 154 valence electrons. The molecule has 0 aliphatic carbocycles. The van der Waals surface area contributed by atoms with Crippen LogP contribution in [-0.2, 0) is 20.0 Å². The van der Waals surface area contributed by atoms with Gasteiger partial charge in [-0.25, -0.2) is 0 Å². The lowest BCUT2D eigenvalue weighted by atomic mass is 10.0. The summed E-state index contributed by atoms with van der Waals surface area (Å²) in [5, 5.41) is 1.29. The Morgan fingerprint density at radius 1 is 0.900 bits per heavy atom. The van der Waals surface area contributed by atoms with Gasteiger partial charge in [-0.15, -0.1) is 12.4 Å². The summed E-state index contributed by atoms with van der Waals surface area (Å²) in [6.45, 7) is 4.14. The third-order valence-electron chi connectivity index (χ3n) is 6.16. The Balaban J connectivity index is 0.00000218. The summed E-state index contributed by atoms with van der Waals surface area (Å²) in [6.07, 6.45) is 2.95. The Morgan fingerprint density at radius 2 is 1.67 bits per heavy atom. The van der Waals surface area contributed by atoms with Gasteiger partial charge in [0, 0.05) is 49.9 Å². The fraction of sp³-hybridized carbons (Fsp3) is 0.240. The second kappa shape index (κ2) is 7.78. The van der Waals surface area contributed by atoms with Gasteiger partial charge >= 0.3 is 0 Å². The molecule has 4 aromatic rings. The number of hydrogen-bond acceptors (Lipinski definition) is 2. The highest BCUT2D eigenvalue weighted by molar-refractivity contribution is 5.87. The fourth-order valence-electron chi connectivity index (χ4n) is 4.46. The molecule has 1 aliphatic heterocycles. The minimum atomic E-state index is -0.0128. The Morgan fingerprint density at radius 3 is 2.40 bits per heavy atom. The standard InChI is InChI=1S/C25H25N3O.ClH/c1-17-4-6-18(7-5-17)19-10-13-28(25(29)14-19)20-8-9-21-22-16-26(2)12-11-23(22)27(3)24(21)15-20;/h4-10,13-15H,11-12,16H2,1-3H3;1H. The van der Waals surface area contributed by atoms with E-state index >= 15 is 0 Å². The molecule has 0 saturated heterocycles. The molecule has 0 spiro atoms. The number of rotatable bonds is 2. The quantitative estimate of drug-likeness (QED) is 0.471. The Bertz CT molecular complexity index is 1280. The van der Waals surface area contributed by atoms with E-state index in [4.69, 9.17) is 0 Å². The zero-order valence-corrected chi connectivity index (χ0v) is 18.4. The average molecular weight is 420 g/mol. The largest absolute Gasteiger partial charge is 0.347 e. The minimum Gasteiger partial charge on any atom is -0.347 e. The van der Waals surface area contributed by atoms with Crippen LogP contribution in [-0.4, -0.2) is 27.6 Å². The lowest BCUT2D eigenvalue weighted by Crippen LogP contribution is -2.26. The van der Waals surface area contributed by atoms with Crippen LogP contribution in [0, 0.1) is 6.92 Å². The molecule has 0 unspecified atom stereocenters. The van der Waals surface area contributed by atoms with E-state index in [9.17, 15) is 4.79 Å². The molecule has 0 radical (unpaired) electrons. The smallest absolute Gasteiger partial charge is 0.255 e. The van der Waals surface area contributed by atoms with Crippen molar-refractivity contribution in [1.29, 1.82) is 0 Å². The van der Waals surface area contributed by atoms with Crippen molar-refractivity contribution in [2.24, 2.45) is 7.05 Å². The lowest BCUT2D eigenvalue weighted by molar-refractivity contribution is 0.310. The second-order valence-electron chi connectivity index (χ2n) is 8.16. The van der Waals surface area contributed by atoms with Crippen LogP contribution in [0.3, 0.4) is 0 Å². The first-order chi connectivity index (χ1) is 14.0. The lowest BCUT2D eigenvalue weighted by Gasteiger charge is -2.23. The summed E-state index contributed by atoms with van der Waals surface area (Å²) < 4.78 is 4.03. The predicted octanol–water partition coefficient (Wildman–Crippen LogP) is 4.71. The molecule has 0 atom stereocenters. The van der Waals surface area contributed by atoms with Crippen LogP contribution in [0.25, 0.3) is 27.7 Å². The SMILES string of the molecule is Cc1ccc(-c2ccn(-c3ccc4c5c(n(C)c4c3)CCN(C)C5)c(=O)c2)cc1.Cl. The third-order valence-corrected chi connectivity index (χ3v) is 6.16. The number of nitrogens with zero attached hydrogens (tertiary/aromatic N) is 3. The van der Waals surface area contributed by atoms with Gasteiger partial charge in [-0.2, -0.15) is 0 Å².